The summed E-state index contributed by atoms with van der Waals surface area (Å²) in [6.45, 7) is 14.3. The fraction of sp³-hybridized carbons (Fsp3) is 0.524. The average molecular weight is 747 g/mol. The molecule has 54 heavy (non-hydrogen) atoms. The molecule has 2 aromatic carbocycles. The lowest BCUT2D eigenvalue weighted by Crippen LogP contribution is -2.82. The number of esters is 4. The summed E-state index contributed by atoms with van der Waals surface area (Å²) < 4.78 is 24.6. The Morgan fingerprint density at radius 1 is 0.778 bits per heavy atom. The fourth-order valence-electron chi connectivity index (χ4n) is 10.0. The van der Waals surface area contributed by atoms with Crippen molar-refractivity contribution >= 4 is 35.4 Å². The Kier molecular flexibility index (Phi) is 11.1. The Bertz CT molecular complexity index is 1800. The molecular weight excluding hydrogens is 696 g/mol. The molecule has 2 aromatic rings. The van der Waals surface area contributed by atoms with E-state index in [2.05, 4.69) is 6.58 Å². The van der Waals surface area contributed by atoms with Crippen molar-refractivity contribution in [1.82, 2.24) is 0 Å². The predicted molar refractivity (Wildman–Crippen MR) is 194 cm³/mol. The minimum Gasteiger partial charge on any atom is -0.459 e. The van der Waals surface area contributed by atoms with Gasteiger partial charge in [-0.25, -0.2) is 9.59 Å². The minimum absolute atomic E-state index is 0.0899. The van der Waals surface area contributed by atoms with Gasteiger partial charge in [0.1, 0.15) is 35.8 Å². The number of aliphatic hydroxyl groups is 2. The van der Waals surface area contributed by atoms with Crippen LogP contribution in [0.5, 0.6) is 0 Å². The molecule has 12 heteroatoms. The third-order valence-corrected chi connectivity index (χ3v) is 12.3. The van der Waals surface area contributed by atoms with Crippen LogP contribution < -0.4 is 0 Å². The zero-order chi connectivity index (χ0) is 40.0. The maximum Gasteiger partial charge on any atom is 0.338 e. The number of Topliss-reactive ketones (excluding diaryl/α,β-unsaturated/α-hetero) is 2. The quantitative estimate of drug-likeness (QED) is 0.192. The van der Waals surface area contributed by atoms with E-state index in [9.17, 15) is 39.0 Å². The van der Waals surface area contributed by atoms with Crippen LogP contribution in [-0.2, 0) is 38.1 Å². The number of hydrogen-bond donors (Lipinski definition) is 2. The molecule has 3 saturated carbocycles. The van der Waals surface area contributed by atoms with E-state index in [1.54, 1.807) is 43.3 Å². The van der Waals surface area contributed by atoms with E-state index in [-0.39, 0.29) is 36.2 Å². The molecule has 0 heterocycles. The molecule has 5 rings (SSSR count). The van der Waals surface area contributed by atoms with Gasteiger partial charge in [0, 0.05) is 37.5 Å². The summed E-state index contributed by atoms with van der Waals surface area (Å²) in [5.41, 5.74) is -7.46. The first kappa shape index (κ1) is 40.5. The Morgan fingerprint density at radius 3 is 1.78 bits per heavy atom. The van der Waals surface area contributed by atoms with Crippen molar-refractivity contribution in [2.24, 2.45) is 34.5 Å². The third kappa shape index (κ3) is 6.79. The van der Waals surface area contributed by atoms with E-state index in [0.29, 0.717) is 0 Å². The minimum atomic E-state index is -2.75. The first-order valence-corrected chi connectivity index (χ1v) is 18.2. The molecule has 2 N–H and O–H groups in total. The molecule has 0 spiro atoms. The Labute approximate surface area is 315 Å². The van der Waals surface area contributed by atoms with Crippen molar-refractivity contribution in [3.05, 3.63) is 84.4 Å². The number of ether oxygens (including phenoxy) is 4. The summed E-state index contributed by atoms with van der Waals surface area (Å²) in [4.78, 5) is 81.1. The molecule has 0 saturated heterocycles. The summed E-state index contributed by atoms with van der Waals surface area (Å²) in [5, 5.41) is 25.1. The smallest absolute Gasteiger partial charge is 0.338 e. The number of benzene rings is 2. The fourth-order valence-corrected chi connectivity index (χ4v) is 10.0. The van der Waals surface area contributed by atoms with E-state index in [0.717, 1.165) is 6.92 Å². The summed E-state index contributed by atoms with van der Waals surface area (Å²) in [7, 11) is 0. The molecule has 0 amide bonds. The van der Waals surface area contributed by atoms with E-state index in [1.807, 2.05) is 13.8 Å². The molecular formula is C42H50O12. The van der Waals surface area contributed by atoms with Crippen LogP contribution in [0.2, 0.25) is 0 Å². The normalized spacial score (nSPS) is 35.3. The van der Waals surface area contributed by atoms with Gasteiger partial charge < -0.3 is 34.0 Å². The zero-order valence-corrected chi connectivity index (χ0v) is 31.8. The van der Waals surface area contributed by atoms with Crippen LogP contribution in [0.1, 0.15) is 88.4 Å². The number of rotatable bonds is 10. The third-order valence-electron chi connectivity index (χ3n) is 12.3. The monoisotopic (exact) mass is 746 g/mol. The number of carbonyl (C=O) groups is 6. The summed E-state index contributed by atoms with van der Waals surface area (Å²) in [6, 6.07) is 16.1. The SMILES string of the molecule is C=CC1C(OC(=O)c2ccccc2)C2C(O)(C(=O)C1(C)O)C(OC(C)=O)CC1C(C)(C)C(CCC(C)=O)C(OC(C)=O)C(OC(=O)c3ccccc3)C12C. The van der Waals surface area contributed by atoms with Gasteiger partial charge in [-0.05, 0) is 62.3 Å². The van der Waals surface area contributed by atoms with Crippen molar-refractivity contribution < 1.29 is 57.9 Å². The number of hydrogen-bond acceptors (Lipinski definition) is 12. The van der Waals surface area contributed by atoms with Crippen molar-refractivity contribution in [3.8, 4) is 0 Å². The van der Waals surface area contributed by atoms with Crippen LogP contribution in [0.25, 0.3) is 0 Å². The number of fused-ring (bicyclic) bond motifs is 3. The predicted octanol–water partition coefficient (Wildman–Crippen LogP) is 4.84. The molecule has 3 fully saturated rings. The van der Waals surface area contributed by atoms with Gasteiger partial charge in [-0.15, -0.1) is 6.58 Å². The van der Waals surface area contributed by atoms with Crippen LogP contribution in [0.4, 0.5) is 0 Å². The van der Waals surface area contributed by atoms with Crippen molar-refractivity contribution in [2.75, 3.05) is 0 Å². The summed E-state index contributed by atoms with van der Waals surface area (Å²) >= 11 is 0. The second-order valence-electron chi connectivity index (χ2n) is 16.0. The van der Waals surface area contributed by atoms with Crippen LogP contribution in [0.15, 0.2) is 73.3 Å². The highest BCUT2D eigenvalue weighted by Crippen LogP contribution is 2.69. The molecule has 12 nitrogen and oxygen atoms in total. The van der Waals surface area contributed by atoms with E-state index in [4.69, 9.17) is 18.9 Å². The van der Waals surface area contributed by atoms with Gasteiger partial charge in [0.25, 0.3) is 0 Å². The molecule has 11 unspecified atom stereocenters. The maximum absolute atomic E-state index is 14.8. The lowest BCUT2D eigenvalue weighted by atomic mass is 9.37. The van der Waals surface area contributed by atoms with Gasteiger partial charge in [-0.3, -0.25) is 14.4 Å². The first-order chi connectivity index (χ1) is 25.2. The van der Waals surface area contributed by atoms with Crippen LogP contribution >= 0.6 is 0 Å². The summed E-state index contributed by atoms with van der Waals surface area (Å²) in [5.74, 6) is -8.73. The molecule has 3 aliphatic carbocycles. The van der Waals surface area contributed by atoms with E-state index >= 15 is 0 Å². The highest BCUT2D eigenvalue weighted by Gasteiger charge is 2.80. The van der Waals surface area contributed by atoms with Crippen molar-refractivity contribution in [1.29, 1.82) is 0 Å². The molecule has 0 bridgehead atoms. The highest BCUT2D eigenvalue weighted by molar-refractivity contribution is 5.98. The van der Waals surface area contributed by atoms with Crippen molar-refractivity contribution in [3.63, 3.8) is 0 Å². The Morgan fingerprint density at radius 2 is 1.30 bits per heavy atom. The summed E-state index contributed by atoms with van der Waals surface area (Å²) in [6.07, 6.45) is -4.45. The van der Waals surface area contributed by atoms with Gasteiger partial charge in [-0.1, -0.05) is 63.2 Å². The lowest BCUT2D eigenvalue weighted by Gasteiger charge is -2.70. The van der Waals surface area contributed by atoms with E-state index in [1.165, 1.54) is 51.1 Å². The van der Waals surface area contributed by atoms with Gasteiger partial charge in [-0.2, -0.15) is 0 Å². The van der Waals surface area contributed by atoms with Gasteiger partial charge in [0.15, 0.2) is 11.4 Å². The molecule has 0 radical (unpaired) electrons. The topological polar surface area (TPSA) is 180 Å². The zero-order valence-electron chi connectivity index (χ0n) is 31.8. The van der Waals surface area contributed by atoms with Crippen molar-refractivity contribution in [2.45, 2.75) is 103 Å². The average Bonchev–Trinajstić information content (AvgIpc) is 3.10. The van der Waals surface area contributed by atoms with Crippen LogP contribution in [0.3, 0.4) is 0 Å². The standard InChI is InChI=1S/C42H50O12/c1-9-28-32(53-36(46)26-16-12-10-13-17-26)34-40(7)30(22-31(51-24(3)44)42(34,50)38(48)41(28,8)49)39(5,6)29(21-20-23(2)43)33(52-25(4)45)35(40)54-37(47)27-18-14-11-15-19-27/h9-19,28-35,49-50H,1,20-22H2,2-8H3. The molecule has 0 aliphatic heterocycles. The van der Waals surface area contributed by atoms with Gasteiger partial charge in [0.05, 0.1) is 17.0 Å². The Balaban J connectivity index is 1.85. The van der Waals surface area contributed by atoms with Crippen LogP contribution in [-0.4, -0.2) is 81.3 Å². The van der Waals surface area contributed by atoms with Gasteiger partial charge in [0.2, 0.25) is 0 Å². The largest absolute Gasteiger partial charge is 0.459 e. The molecule has 11 atom stereocenters. The number of carbonyl (C=O) groups excluding carboxylic acids is 6. The molecule has 290 valence electrons. The maximum atomic E-state index is 14.8. The second-order valence-corrected chi connectivity index (χ2v) is 16.0. The number of ketones is 2. The Hall–Kier alpha value is -4.68. The highest BCUT2D eigenvalue weighted by atomic mass is 16.6. The molecule has 3 aliphatic rings. The lowest BCUT2D eigenvalue weighted by molar-refractivity contribution is -0.315. The second kappa shape index (κ2) is 14.9. The first-order valence-electron chi connectivity index (χ1n) is 18.2. The molecule has 0 aromatic heterocycles. The van der Waals surface area contributed by atoms with E-state index < -0.39 is 99.8 Å². The van der Waals surface area contributed by atoms with Crippen LogP contribution in [0, 0.1) is 34.5 Å². The van der Waals surface area contributed by atoms with Gasteiger partial charge >= 0.3 is 23.9 Å².